The SMILES string of the molecule is CC1(C)CC(OCC2C3CCCCC3CC3CCCCC32)C(O)O1. The lowest BCUT2D eigenvalue weighted by Gasteiger charge is -2.51. The van der Waals surface area contributed by atoms with Crippen LogP contribution in [0, 0.1) is 29.6 Å². The van der Waals surface area contributed by atoms with Crippen molar-refractivity contribution in [3.05, 3.63) is 0 Å². The fraction of sp³-hybridized carbons (Fsp3) is 1.00. The van der Waals surface area contributed by atoms with Crippen molar-refractivity contribution >= 4 is 0 Å². The molecule has 0 aromatic carbocycles. The first-order chi connectivity index (χ1) is 11.5. The van der Waals surface area contributed by atoms with E-state index in [9.17, 15) is 5.11 Å². The Kier molecular flexibility index (Phi) is 4.96. The van der Waals surface area contributed by atoms with E-state index in [1.807, 2.05) is 0 Å². The molecule has 0 amide bonds. The summed E-state index contributed by atoms with van der Waals surface area (Å²) in [6.07, 6.45) is 12.9. The molecule has 0 radical (unpaired) electrons. The highest BCUT2D eigenvalue weighted by atomic mass is 16.7. The van der Waals surface area contributed by atoms with Gasteiger partial charge in [-0.15, -0.1) is 0 Å². The highest BCUT2D eigenvalue weighted by Gasteiger charge is 2.47. The predicted molar refractivity (Wildman–Crippen MR) is 94.5 cm³/mol. The van der Waals surface area contributed by atoms with E-state index in [-0.39, 0.29) is 11.7 Å². The molecule has 1 aliphatic heterocycles. The van der Waals surface area contributed by atoms with Gasteiger partial charge in [-0.25, -0.2) is 0 Å². The zero-order valence-corrected chi connectivity index (χ0v) is 15.6. The molecule has 1 N–H and O–H groups in total. The first kappa shape index (κ1) is 17.3. The van der Waals surface area contributed by atoms with Gasteiger partial charge in [0, 0.05) is 6.42 Å². The summed E-state index contributed by atoms with van der Waals surface area (Å²) in [5.41, 5.74) is -0.253. The van der Waals surface area contributed by atoms with Crippen molar-refractivity contribution in [3.8, 4) is 0 Å². The molecule has 3 saturated carbocycles. The number of fused-ring (bicyclic) bond motifs is 2. The third-order valence-electron chi connectivity index (χ3n) is 7.59. The molecular weight excluding hydrogens is 300 g/mol. The van der Waals surface area contributed by atoms with Gasteiger partial charge in [-0.2, -0.15) is 0 Å². The smallest absolute Gasteiger partial charge is 0.181 e. The maximum absolute atomic E-state index is 10.2. The summed E-state index contributed by atoms with van der Waals surface area (Å²) in [5.74, 6) is 4.39. The third-order valence-corrected chi connectivity index (χ3v) is 7.59. The van der Waals surface area contributed by atoms with E-state index in [4.69, 9.17) is 9.47 Å². The first-order valence-corrected chi connectivity index (χ1v) is 10.5. The molecule has 138 valence electrons. The Balaban J connectivity index is 1.44. The number of aliphatic hydroxyl groups is 1. The maximum atomic E-state index is 10.2. The van der Waals surface area contributed by atoms with Gasteiger partial charge in [0.25, 0.3) is 0 Å². The second-order valence-electron chi connectivity index (χ2n) is 9.66. The van der Waals surface area contributed by atoms with E-state index in [0.29, 0.717) is 0 Å². The van der Waals surface area contributed by atoms with Crippen LogP contribution in [0.4, 0.5) is 0 Å². The standard InChI is InChI=1S/C21H36O3/c1-21(2)12-19(20(22)24-21)23-13-18-16-9-5-3-7-14(16)11-15-8-4-6-10-17(15)18/h14-20,22H,3-13H2,1-2H3. The van der Waals surface area contributed by atoms with Gasteiger partial charge in [0.15, 0.2) is 6.29 Å². The van der Waals surface area contributed by atoms with Crippen LogP contribution >= 0.6 is 0 Å². The van der Waals surface area contributed by atoms with Crippen molar-refractivity contribution in [3.63, 3.8) is 0 Å². The van der Waals surface area contributed by atoms with Crippen molar-refractivity contribution in [1.29, 1.82) is 0 Å². The summed E-state index contributed by atoms with van der Waals surface area (Å²) in [6.45, 7) is 4.95. The number of ether oxygens (including phenoxy) is 2. The lowest BCUT2D eigenvalue weighted by atomic mass is 9.55. The van der Waals surface area contributed by atoms with Crippen molar-refractivity contribution in [2.24, 2.45) is 29.6 Å². The Morgan fingerprint density at radius 3 is 2.08 bits per heavy atom. The Bertz CT molecular complexity index is 413. The van der Waals surface area contributed by atoms with E-state index in [1.54, 1.807) is 0 Å². The number of aliphatic hydroxyl groups excluding tert-OH is 1. The lowest BCUT2D eigenvalue weighted by molar-refractivity contribution is -0.168. The summed E-state index contributed by atoms with van der Waals surface area (Å²) in [6, 6.07) is 0. The normalized spacial score (nSPS) is 47.9. The number of hydrogen-bond donors (Lipinski definition) is 1. The van der Waals surface area contributed by atoms with Gasteiger partial charge in [0.1, 0.15) is 6.10 Å². The van der Waals surface area contributed by atoms with Gasteiger partial charge in [0.05, 0.1) is 12.2 Å². The summed E-state index contributed by atoms with van der Waals surface area (Å²) in [5, 5.41) is 10.2. The summed E-state index contributed by atoms with van der Waals surface area (Å²) >= 11 is 0. The molecule has 4 fully saturated rings. The molecule has 0 aromatic rings. The van der Waals surface area contributed by atoms with Crippen molar-refractivity contribution in [2.75, 3.05) is 6.61 Å². The molecule has 3 heteroatoms. The molecule has 4 aliphatic rings. The third kappa shape index (κ3) is 3.41. The topological polar surface area (TPSA) is 38.7 Å². The van der Waals surface area contributed by atoms with E-state index < -0.39 is 6.29 Å². The summed E-state index contributed by atoms with van der Waals surface area (Å²) in [4.78, 5) is 0. The molecule has 4 rings (SSSR count). The fourth-order valence-electron chi connectivity index (χ4n) is 6.55. The minimum Gasteiger partial charge on any atom is -0.373 e. The van der Waals surface area contributed by atoms with Crippen molar-refractivity contribution in [1.82, 2.24) is 0 Å². The zero-order chi connectivity index (χ0) is 16.7. The minimum absolute atomic E-state index is 0.133. The minimum atomic E-state index is -0.743. The van der Waals surface area contributed by atoms with Crippen LogP contribution in [0.15, 0.2) is 0 Å². The Morgan fingerprint density at radius 2 is 1.54 bits per heavy atom. The Labute approximate surface area is 147 Å². The first-order valence-electron chi connectivity index (χ1n) is 10.5. The van der Waals surface area contributed by atoms with E-state index in [0.717, 1.165) is 42.6 Å². The van der Waals surface area contributed by atoms with Crippen LogP contribution < -0.4 is 0 Å². The van der Waals surface area contributed by atoms with Crippen LogP contribution in [0.3, 0.4) is 0 Å². The van der Waals surface area contributed by atoms with E-state index in [1.165, 1.54) is 57.8 Å². The monoisotopic (exact) mass is 336 g/mol. The molecule has 6 unspecified atom stereocenters. The molecule has 1 heterocycles. The van der Waals surface area contributed by atoms with E-state index in [2.05, 4.69) is 13.8 Å². The highest BCUT2D eigenvalue weighted by Crippen LogP contribution is 2.53. The van der Waals surface area contributed by atoms with Gasteiger partial charge in [0.2, 0.25) is 0 Å². The van der Waals surface area contributed by atoms with Gasteiger partial charge in [-0.1, -0.05) is 38.5 Å². The lowest BCUT2D eigenvalue weighted by Crippen LogP contribution is -2.45. The summed E-state index contributed by atoms with van der Waals surface area (Å²) in [7, 11) is 0. The van der Waals surface area contributed by atoms with Crippen LogP contribution in [-0.4, -0.2) is 29.7 Å². The van der Waals surface area contributed by atoms with Gasteiger partial charge >= 0.3 is 0 Å². The number of hydrogen-bond acceptors (Lipinski definition) is 3. The molecule has 6 atom stereocenters. The molecule has 0 bridgehead atoms. The fourth-order valence-corrected chi connectivity index (χ4v) is 6.55. The largest absolute Gasteiger partial charge is 0.373 e. The highest BCUT2D eigenvalue weighted by molar-refractivity contribution is 4.95. The van der Waals surface area contributed by atoms with Crippen molar-refractivity contribution in [2.45, 2.75) is 96.1 Å². The molecule has 24 heavy (non-hydrogen) atoms. The zero-order valence-electron chi connectivity index (χ0n) is 15.6. The van der Waals surface area contributed by atoms with Crippen LogP contribution in [0.25, 0.3) is 0 Å². The average Bonchev–Trinajstić information content (AvgIpc) is 2.83. The van der Waals surface area contributed by atoms with Crippen molar-refractivity contribution < 1.29 is 14.6 Å². The molecule has 0 aromatic heterocycles. The van der Waals surface area contributed by atoms with Gasteiger partial charge < -0.3 is 14.6 Å². The maximum Gasteiger partial charge on any atom is 0.181 e. The Morgan fingerprint density at radius 1 is 0.958 bits per heavy atom. The predicted octanol–water partition coefficient (Wildman–Crippen LogP) is 4.52. The molecular formula is C21H36O3. The summed E-state index contributed by atoms with van der Waals surface area (Å²) < 4.78 is 12.0. The van der Waals surface area contributed by atoms with Crippen LogP contribution in [0.1, 0.15) is 78.1 Å². The molecule has 3 aliphatic carbocycles. The molecule has 1 saturated heterocycles. The molecule has 3 nitrogen and oxygen atoms in total. The second kappa shape index (κ2) is 6.89. The van der Waals surface area contributed by atoms with Gasteiger partial charge in [-0.3, -0.25) is 0 Å². The average molecular weight is 337 g/mol. The Hall–Kier alpha value is -0.120. The van der Waals surface area contributed by atoms with Gasteiger partial charge in [-0.05, 0) is 62.7 Å². The van der Waals surface area contributed by atoms with Crippen LogP contribution in [0.5, 0.6) is 0 Å². The van der Waals surface area contributed by atoms with Crippen LogP contribution in [-0.2, 0) is 9.47 Å². The molecule has 0 spiro atoms. The van der Waals surface area contributed by atoms with Crippen LogP contribution in [0.2, 0.25) is 0 Å². The quantitative estimate of drug-likeness (QED) is 0.823. The van der Waals surface area contributed by atoms with E-state index >= 15 is 0 Å². The number of rotatable bonds is 3. The second-order valence-corrected chi connectivity index (χ2v) is 9.66.